The van der Waals surface area contributed by atoms with Gasteiger partial charge in [-0.05, 0) is 149 Å². The summed E-state index contributed by atoms with van der Waals surface area (Å²) in [5.41, 5.74) is 2.41. The summed E-state index contributed by atoms with van der Waals surface area (Å²) in [6.45, 7) is 17.6. The van der Waals surface area contributed by atoms with Crippen LogP contribution in [0.5, 0.6) is 0 Å². The Labute approximate surface area is 241 Å². The molecule has 0 radical (unpaired) electrons. The molecule has 4 rings (SSSR count). The largest absolute Gasteiger partial charge is 0.418 e. The molecule has 0 bridgehead atoms. The molecule has 1 unspecified atom stereocenters. The molecule has 0 heterocycles. The van der Waals surface area contributed by atoms with Gasteiger partial charge in [-0.25, -0.2) is 4.79 Å². The second-order valence-corrected chi connectivity index (χ2v) is 14.6. The van der Waals surface area contributed by atoms with Crippen molar-refractivity contribution in [3.8, 4) is 0 Å². The van der Waals surface area contributed by atoms with Crippen molar-refractivity contribution < 1.29 is 9.53 Å². The lowest BCUT2D eigenvalue weighted by atomic mass is 9.44. The number of carbonyl (C=O) groups excluding carboxylic acids is 1. The molecule has 4 saturated carbocycles. The van der Waals surface area contributed by atoms with Gasteiger partial charge in [0.05, 0.1) is 6.26 Å². The Hall–Kier alpha value is -1.03. The maximum Gasteiger partial charge on any atom is 0.414 e. The Morgan fingerprint density at radius 1 is 1.00 bits per heavy atom. The average Bonchev–Trinajstić information content (AvgIpc) is 3.28. The number of amides is 1. The fraction of sp³-hybridized carbons (Fsp3) is 0.914. The zero-order chi connectivity index (χ0) is 28.0. The maximum atomic E-state index is 12.5. The van der Waals surface area contributed by atoms with Crippen LogP contribution in [-0.4, -0.2) is 37.2 Å². The third kappa shape index (κ3) is 6.73. The summed E-state index contributed by atoms with van der Waals surface area (Å²) >= 11 is 0. The van der Waals surface area contributed by atoms with Crippen LogP contribution in [-0.2, 0) is 4.74 Å². The highest BCUT2D eigenvalue weighted by Crippen LogP contribution is 2.68. The van der Waals surface area contributed by atoms with Gasteiger partial charge in [-0.2, -0.15) is 0 Å². The van der Waals surface area contributed by atoms with Gasteiger partial charge in [0.2, 0.25) is 0 Å². The Morgan fingerprint density at radius 3 is 2.56 bits per heavy atom. The number of hydrogen-bond acceptors (Lipinski definition) is 3. The smallest absolute Gasteiger partial charge is 0.414 e. The topological polar surface area (TPSA) is 41.6 Å². The molecule has 0 aromatic carbocycles. The highest BCUT2D eigenvalue weighted by Gasteiger charge is 2.60. The lowest BCUT2D eigenvalue weighted by molar-refractivity contribution is -0.114. The minimum Gasteiger partial charge on any atom is -0.418 e. The van der Waals surface area contributed by atoms with E-state index in [1.165, 1.54) is 82.6 Å². The number of hydrogen-bond donors (Lipinski definition) is 1. The van der Waals surface area contributed by atoms with Crippen LogP contribution in [0.25, 0.3) is 0 Å². The minimum absolute atomic E-state index is 0.210. The molecule has 39 heavy (non-hydrogen) atoms. The third-order valence-corrected chi connectivity index (χ3v) is 12.6. The number of allylic oxidation sites excluding steroid dienone is 1. The van der Waals surface area contributed by atoms with Crippen LogP contribution in [0.15, 0.2) is 11.8 Å². The molecule has 8 atom stereocenters. The van der Waals surface area contributed by atoms with Crippen LogP contribution in [0.2, 0.25) is 0 Å². The first-order chi connectivity index (χ1) is 18.7. The summed E-state index contributed by atoms with van der Waals surface area (Å²) < 4.78 is 5.56. The first kappa shape index (κ1) is 30.9. The molecule has 1 N–H and O–H groups in total. The summed E-state index contributed by atoms with van der Waals surface area (Å²) in [5, 5.41) is 3.32. The molecule has 0 spiro atoms. The standard InChI is InChI=1S/C35H62N2O2/c1-7-36-23-12-24-37(8-2)33(38)39-25-26(3)13-11-14-27(4)30-18-19-31-29-17-16-28-15-9-10-21-34(28,5)32(29)20-22-35(30,31)6/h25,27-32,36H,7-24H2,1-6H3/t27-,28?,29+,30-,31+,32+,34+,35-/m1/s1. The number of nitrogens with zero attached hydrogens (tertiary/aromatic N) is 1. The molecule has 0 saturated heterocycles. The van der Waals surface area contributed by atoms with Gasteiger partial charge in [0, 0.05) is 13.1 Å². The zero-order valence-corrected chi connectivity index (χ0v) is 26.5. The van der Waals surface area contributed by atoms with E-state index in [1.807, 2.05) is 6.92 Å². The summed E-state index contributed by atoms with van der Waals surface area (Å²) in [4.78, 5) is 14.3. The third-order valence-electron chi connectivity index (χ3n) is 12.6. The second kappa shape index (κ2) is 13.8. The van der Waals surface area contributed by atoms with Gasteiger partial charge >= 0.3 is 6.09 Å². The molecule has 0 aliphatic heterocycles. The van der Waals surface area contributed by atoms with Crippen molar-refractivity contribution in [3.63, 3.8) is 0 Å². The van der Waals surface area contributed by atoms with Crippen LogP contribution < -0.4 is 5.32 Å². The molecule has 0 aromatic rings. The van der Waals surface area contributed by atoms with E-state index in [9.17, 15) is 4.79 Å². The van der Waals surface area contributed by atoms with E-state index in [4.69, 9.17) is 4.74 Å². The Balaban J connectivity index is 1.24. The molecule has 4 aliphatic rings. The van der Waals surface area contributed by atoms with E-state index in [1.54, 1.807) is 11.2 Å². The molecule has 4 fully saturated rings. The Bertz CT molecular complexity index is 825. The van der Waals surface area contributed by atoms with Gasteiger partial charge in [-0.3, -0.25) is 0 Å². The van der Waals surface area contributed by atoms with Crippen LogP contribution >= 0.6 is 0 Å². The van der Waals surface area contributed by atoms with Crippen molar-refractivity contribution in [2.24, 2.45) is 46.3 Å². The number of rotatable bonds is 12. The molecule has 1 amide bonds. The maximum absolute atomic E-state index is 12.5. The van der Waals surface area contributed by atoms with Gasteiger partial charge in [0.1, 0.15) is 0 Å². The van der Waals surface area contributed by atoms with Crippen LogP contribution in [0.3, 0.4) is 0 Å². The quantitative estimate of drug-likeness (QED) is 0.197. The monoisotopic (exact) mass is 542 g/mol. The van der Waals surface area contributed by atoms with Crippen molar-refractivity contribution in [3.05, 3.63) is 11.8 Å². The van der Waals surface area contributed by atoms with Crippen molar-refractivity contribution in [2.45, 2.75) is 131 Å². The molecule has 4 aliphatic carbocycles. The second-order valence-electron chi connectivity index (χ2n) is 14.6. The lowest BCUT2D eigenvalue weighted by Crippen LogP contribution is -2.53. The fourth-order valence-electron chi connectivity index (χ4n) is 10.4. The van der Waals surface area contributed by atoms with Crippen molar-refractivity contribution in [1.29, 1.82) is 0 Å². The van der Waals surface area contributed by atoms with Crippen molar-refractivity contribution in [1.82, 2.24) is 10.2 Å². The normalized spacial score (nSPS) is 37.0. The number of ether oxygens (including phenoxy) is 1. The number of fused-ring (bicyclic) bond motifs is 5. The van der Waals surface area contributed by atoms with Crippen molar-refractivity contribution >= 4 is 6.09 Å². The highest BCUT2D eigenvalue weighted by molar-refractivity contribution is 5.68. The summed E-state index contributed by atoms with van der Waals surface area (Å²) in [6.07, 6.45) is 21.0. The van der Waals surface area contributed by atoms with E-state index in [0.29, 0.717) is 17.4 Å². The molecule has 4 nitrogen and oxygen atoms in total. The molecule has 4 heteroatoms. The minimum atomic E-state index is -0.210. The van der Waals surface area contributed by atoms with Gasteiger partial charge < -0.3 is 15.0 Å². The van der Waals surface area contributed by atoms with Crippen LogP contribution in [0.1, 0.15) is 131 Å². The van der Waals surface area contributed by atoms with Gasteiger partial charge in [-0.15, -0.1) is 0 Å². The summed E-state index contributed by atoms with van der Waals surface area (Å²) in [7, 11) is 0. The SMILES string of the molecule is CCNCCCN(CC)C(=O)OC=C(C)CCC[C@@H](C)[C@H]1CC[C@H]2[C@@H]3CCC4CCCC[C@]4(C)[C@H]3CC[C@]12C. The van der Waals surface area contributed by atoms with E-state index < -0.39 is 0 Å². The zero-order valence-electron chi connectivity index (χ0n) is 26.5. The number of nitrogens with one attached hydrogen (secondary N) is 1. The van der Waals surface area contributed by atoms with Gasteiger partial charge in [0.15, 0.2) is 0 Å². The Morgan fingerprint density at radius 2 is 1.79 bits per heavy atom. The number of carbonyl (C=O) groups is 1. The Kier molecular flexibility index (Phi) is 10.9. The first-order valence-corrected chi connectivity index (χ1v) is 17.1. The predicted octanol–water partition coefficient (Wildman–Crippen LogP) is 9.20. The van der Waals surface area contributed by atoms with E-state index >= 15 is 0 Å². The highest BCUT2D eigenvalue weighted by atomic mass is 16.5. The van der Waals surface area contributed by atoms with E-state index in [2.05, 4.69) is 39.9 Å². The van der Waals surface area contributed by atoms with E-state index in [0.717, 1.165) is 68.0 Å². The van der Waals surface area contributed by atoms with Crippen molar-refractivity contribution in [2.75, 3.05) is 26.2 Å². The molecular weight excluding hydrogens is 480 g/mol. The van der Waals surface area contributed by atoms with Crippen LogP contribution in [0, 0.1) is 46.3 Å². The lowest BCUT2D eigenvalue weighted by Gasteiger charge is -2.61. The predicted molar refractivity (Wildman–Crippen MR) is 163 cm³/mol. The fourth-order valence-corrected chi connectivity index (χ4v) is 10.4. The average molecular weight is 543 g/mol. The van der Waals surface area contributed by atoms with Gasteiger partial charge in [0.25, 0.3) is 0 Å². The summed E-state index contributed by atoms with van der Waals surface area (Å²) in [5.74, 6) is 5.70. The summed E-state index contributed by atoms with van der Waals surface area (Å²) in [6, 6.07) is 0. The van der Waals surface area contributed by atoms with Gasteiger partial charge in [-0.1, -0.05) is 47.0 Å². The molecule has 224 valence electrons. The van der Waals surface area contributed by atoms with Crippen LogP contribution in [0.4, 0.5) is 4.79 Å². The van der Waals surface area contributed by atoms with E-state index in [-0.39, 0.29) is 6.09 Å². The first-order valence-electron chi connectivity index (χ1n) is 17.1. The molecule has 0 aromatic heterocycles. The molecular formula is C35H62N2O2.